The highest BCUT2D eigenvalue weighted by molar-refractivity contribution is 5.74. The van der Waals surface area contributed by atoms with Crippen LogP contribution in [0, 0.1) is 17.8 Å². The van der Waals surface area contributed by atoms with E-state index in [0.717, 1.165) is 37.4 Å². The first kappa shape index (κ1) is 12.3. The van der Waals surface area contributed by atoms with E-state index in [1.165, 1.54) is 25.7 Å². The van der Waals surface area contributed by atoms with E-state index in [9.17, 15) is 4.79 Å². The third-order valence-electron chi connectivity index (χ3n) is 5.00. The van der Waals surface area contributed by atoms with E-state index in [-0.39, 0.29) is 6.03 Å². The van der Waals surface area contributed by atoms with E-state index in [1.54, 1.807) is 0 Å². The molecule has 3 fully saturated rings. The number of carbonyl (C=O) groups is 1. The van der Waals surface area contributed by atoms with Crippen LogP contribution in [0.2, 0.25) is 0 Å². The van der Waals surface area contributed by atoms with Crippen LogP contribution < -0.4 is 0 Å². The molecule has 18 heavy (non-hydrogen) atoms. The fourth-order valence-electron chi connectivity index (χ4n) is 4.03. The summed E-state index contributed by atoms with van der Waals surface area (Å²) in [5.41, 5.74) is 0. The summed E-state index contributed by atoms with van der Waals surface area (Å²) in [4.78, 5) is 16.2. The molecule has 2 saturated carbocycles. The lowest BCUT2D eigenvalue weighted by atomic mass is 9.88. The molecule has 3 unspecified atom stereocenters. The van der Waals surface area contributed by atoms with Crippen molar-refractivity contribution in [2.45, 2.75) is 25.7 Å². The average molecular weight is 252 g/mol. The zero-order chi connectivity index (χ0) is 12.5. The molecule has 0 aromatic rings. The molecule has 3 aliphatic rings. The van der Waals surface area contributed by atoms with Crippen molar-refractivity contribution in [1.82, 2.24) is 9.80 Å². The third kappa shape index (κ3) is 2.35. The van der Waals surface area contributed by atoms with Gasteiger partial charge in [0.2, 0.25) is 0 Å². The van der Waals surface area contributed by atoms with Crippen LogP contribution in [0.25, 0.3) is 0 Å². The molecule has 1 aliphatic heterocycles. The van der Waals surface area contributed by atoms with Gasteiger partial charge in [0.15, 0.2) is 0 Å². The molecule has 0 spiro atoms. The number of morpholine rings is 1. The highest BCUT2D eigenvalue weighted by Gasteiger charge is 2.40. The zero-order valence-electron chi connectivity index (χ0n) is 11.3. The van der Waals surface area contributed by atoms with Gasteiger partial charge in [-0.05, 0) is 37.0 Å². The lowest BCUT2D eigenvalue weighted by Gasteiger charge is -2.33. The number of ether oxygens (including phenoxy) is 1. The Morgan fingerprint density at radius 3 is 2.67 bits per heavy atom. The molecule has 3 rings (SSSR count). The lowest BCUT2D eigenvalue weighted by molar-refractivity contribution is 0.0435. The van der Waals surface area contributed by atoms with Crippen molar-refractivity contribution >= 4 is 6.03 Å². The number of hydrogen-bond acceptors (Lipinski definition) is 2. The Hall–Kier alpha value is -0.770. The second kappa shape index (κ2) is 5.08. The van der Waals surface area contributed by atoms with Gasteiger partial charge in [-0.25, -0.2) is 4.79 Å². The third-order valence-corrected chi connectivity index (χ3v) is 5.00. The smallest absolute Gasteiger partial charge is 0.319 e. The maximum Gasteiger partial charge on any atom is 0.319 e. The van der Waals surface area contributed by atoms with E-state index < -0.39 is 0 Å². The van der Waals surface area contributed by atoms with Crippen LogP contribution >= 0.6 is 0 Å². The molecule has 0 aromatic carbocycles. The summed E-state index contributed by atoms with van der Waals surface area (Å²) in [6.45, 7) is 3.83. The molecule has 2 aliphatic carbocycles. The van der Waals surface area contributed by atoms with Gasteiger partial charge in [0.25, 0.3) is 0 Å². The SMILES string of the molecule is CN(CC1CC2CCC1C2)C(=O)N1CCOCC1. The highest BCUT2D eigenvalue weighted by Crippen LogP contribution is 2.48. The molecule has 102 valence electrons. The van der Waals surface area contributed by atoms with Crippen LogP contribution in [0.5, 0.6) is 0 Å². The standard InChI is InChI=1S/C14H24N2O2/c1-15(14(17)16-4-6-18-7-5-16)10-13-9-11-2-3-12(13)8-11/h11-13H,2-10H2,1H3. The van der Waals surface area contributed by atoms with Crippen molar-refractivity contribution in [2.24, 2.45) is 17.8 Å². The minimum atomic E-state index is 0.195. The molecule has 3 atom stereocenters. The Morgan fingerprint density at radius 1 is 1.28 bits per heavy atom. The topological polar surface area (TPSA) is 32.8 Å². The number of urea groups is 1. The van der Waals surface area contributed by atoms with Crippen molar-refractivity contribution in [2.75, 3.05) is 39.9 Å². The molecule has 2 bridgehead atoms. The Kier molecular flexibility index (Phi) is 3.46. The molecule has 2 amide bonds. The Morgan fingerprint density at radius 2 is 2.06 bits per heavy atom. The monoisotopic (exact) mass is 252 g/mol. The summed E-state index contributed by atoms with van der Waals surface area (Å²) in [6.07, 6.45) is 5.60. The Bertz CT molecular complexity index is 315. The summed E-state index contributed by atoms with van der Waals surface area (Å²) in [5, 5.41) is 0. The van der Waals surface area contributed by atoms with Crippen molar-refractivity contribution in [3.8, 4) is 0 Å². The first-order valence-corrected chi connectivity index (χ1v) is 7.32. The fraction of sp³-hybridized carbons (Fsp3) is 0.929. The summed E-state index contributed by atoms with van der Waals surface area (Å²) in [7, 11) is 1.96. The second-order valence-corrected chi connectivity index (χ2v) is 6.20. The predicted octanol–water partition coefficient (Wildman–Crippen LogP) is 1.81. The number of amides is 2. The summed E-state index contributed by atoms with van der Waals surface area (Å²) in [6, 6.07) is 0.195. The van der Waals surface area contributed by atoms with Gasteiger partial charge in [0.05, 0.1) is 13.2 Å². The Labute approximate surface area is 109 Å². The van der Waals surface area contributed by atoms with E-state index in [4.69, 9.17) is 4.74 Å². The van der Waals surface area contributed by atoms with Crippen LogP contribution in [0.15, 0.2) is 0 Å². The van der Waals surface area contributed by atoms with E-state index in [1.807, 2.05) is 16.8 Å². The number of fused-ring (bicyclic) bond motifs is 2. The van der Waals surface area contributed by atoms with E-state index in [2.05, 4.69) is 0 Å². The number of rotatable bonds is 2. The molecular formula is C14H24N2O2. The van der Waals surface area contributed by atoms with Gasteiger partial charge in [0, 0.05) is 26.7 Å². The maximum absolute atomic E-state index is 12.3. The van der Waals surface area contributed by atoms with Gasteiger partial charge in [-0.1, -0.05) is 6.42 Å². The van der Waals surface area contributed by atoms with Gasteiger partial charge in [-0.2, -0.15) is 0 Å². The molecule has 1 saturated heterocycles. The van der Waals surface area contributed by atoms with Crippen molar-refractivity contribution < 1.29 is 9.53 Å². The van der Waals surface area contributed by atoms with Crippen molar-refractivity contribution in [1.29, 1.82) is 0 Å². The molecule has 1 heterocycles. The first-order chi connectivity index (χ1) is 8.74. The molecular weight excluding hydrogens is 228 g/mol. The fourth-order valence-corrected chi connectivity index (χ4v) is 4.03. The van der Waals surface area contributed by atoms with Crippen LogP contribution in [-0.4, -0.2) is 55.7 Å². The van der Waals surface area contributed by atoms with E-state index in [0.29, 0.717) is 13.2 Å². The molecule has 4 nitrogen and oxygen atoms in total. The summed E-state index contributed by atoms with van der Waals surface area (Å²) < 4.78 is 5.29. The second-order valence-electron chi connectivity index (χ2n) is 6.20. The van der Waals surface area contributed by atoms with Crippen LogP contribution in [-0.2, 0) is 4.74 Å². The lowest BCUT2D eigenvalue weighted by Crippen LogP contribution is -2.48. The average Bonchev–Trinajstić information content (AvgIpc) is 3.01. The van der Waals surface area contributed by atoms with Gasteiger partial charge >= 0.3 is 6.03 Å². The molecule has 0 radical (unpaired) electrons. The van der Waals surface area contributed by atoms with Crippen LogP contribution in [0.1, 0.15) is 25.7 Å². The molecule has 0 aromatic heterocycles. The minimum Gasteiger partial charge on any atom is -0.378 e. The van der Waals surface area contributed by atoms with Crippen LogP contribution in [0.3, 0.4) is 0 Å². The van der Waals surface area contributed by atoms with Gasteiger partial charge in [-0.15, -0.1) is 0 Å². The number of carbonyl (C=O) groups excluding carboxylic acids is 1. The van der Waals surface area contributed by atoms with Gasteiger partial charge < -0.3 is 14.5 Å². The maximum atomic E-state index is 12.3. The van der Waals surface area contributed by atoms with Crippen molar-refractivity contribution in [3.63, 3.8) is 0 Å². The first-order valence-electron chi connectivity index (χ1n) is 7.32. The number of hydrogen-bond donors (Lipinski definition) is 0. The van der Waals surface area contributed by atoms with Gasteiger partial charge in [0.1, 0.15) is 0 Å². The quantitative estimate of drug-likeness (QED) is 0.751. The van der Waals surface area contributed by atoms with E-state index >= 15 is 0 Å². The Balaban J connectivity index is 1.51. The highest BCUT2D eigenvalue weighted by atomic mass is 16.5. The number of nitrogens with zero attached hydrogens (tertiary/aromatic N) is 2. The minimum absolute atomic E-state index is 0.195. The summed E-state index contributed by atoms with van der Waals surface area (Å²) >= 11 is 0. The normalized spacial score (nSPS) is 34.9. The van der Waals surface area contributed by atoms with Crippen molar-refractivity contribution in [3.05, 3.63) is 0 Å². The zero-order valence-corrected chi connectivity index (χ0v) is 11.3. The molecule has 0 N–H and O–H groups in total. The largest absolute Gasteiger partial charge is 0.378 e. The predicted molar refractivity (Wildman–Crippen MR) is 69.4 cm³/mol. The van der Waals surface area contributed by atoms with Gasteiger partial charge in [-0.3, -0.25) is 0 Å². The molecule has 4 heteroatoms. The summed E-state index contributed by atoms with van der Waals surface area (Å²) in [5.74, 6) is 2.63. The van der Waals surface area contributed by atoms with Crippen LogP contribution in [0.4, 0.5) is 4.79 Å².